The van der Waals surface area contributed by atoms with Crippen LogP contribution in [0.4, 0.5) is 0 Å². The van der Waals surface area contributed by atoms with Gasteiger partial charge in [-0.3, -0.25) is 0 Å². The van der Waals surface area contributed by atoms with Crippen molar-refractivity contribution in [2.45, 2.75) is 50.6 Å². The van der Waals surface area contributed by atoms with E-state index in [4.69, 9.17) is 0 Å². The Kier molecular flexibility index (Phi) is 3.76. The van der Waals surface area contributed by atoms with Crippen LogP contribution >= 0.6 is 0 Å². The molecule has 1 aromatic rings. The standard InChI is InChI=1S/C19H28N2/c1-14-18(16-5-3-2-4-6-16)11-19(14)20-12-15-9-10-21(13-15)17-7-8-17/h2-6,14-15,17-20H,7-13H2,1H3/t14-,15-,18-,19+/m0/s1. The second kappa shape index (κ2) is 5.73. The van der Waals surface area contributed by atoms with E-state index in [-0.39, 0.29) is 0 Å². The van der Waals surface area contributed by atoms with Crippen LogP contribution in [0.1, 0.15) is 44.1 Å². The van der Waals surface area contributed by atoms with Crippen LogP contribution in [-0.2, 0) is 0 Å². The average molecular weight is 284 g/mol. The zero-order valence-electron chi connectivity index (χ0n) is 13.2. The van der Waals surface area contributed by atoms with Crippen molar-refractivity contribution in [2.24, 2.45) is 11.8 Å². The summed E-state index contributed by atoms with van der Waals surface area (Å²) in [5.41, 5.74) is 1.53. The lowest BCUT2D eigenvalue weighted by Gasteiger charge is -2.44. The number of likely N-dealkylation sites (tertiary alicyclic amines) is 1. The Hall–Kier alpha value is -0.860. The van der Waals surface area contributed by atoms with Gasteiger partial charge in [0, 0.05) is 18.6 Å². The van der Waals surface area contributed by atoms with E-state index in [1.165, 1.54) is 50.9 Å². The van der Waals surface area contributed by atoms with Crippen LogP contribution in [0.25, 0.3) is 0 Å². The fourth-order valence-corrected chi connectivity index (χ4v) is 4.32. The van der Waals surface area contributed by atoms with Crippen molar-refractivity contribution >= 4 is 0 Å². The molecule has 0 amide bonds. The predicted molar refractivity (Wildman–Crippen MR) is 87.5 cm³/mol. The van der Waals surface area contributed by atoms with E-state index in [0.29, 0.717) is 0 Å². The van der Waals surface area contributed by atoms with Gasteiger partial charge in [-0.15, -0.1) is 0 Å². The Labute approximate surface area is 128 Å². The Bertz CT molecular complexity index is 468. The molecule has 3 aliphatic rings. The molecule has 2 saturated carbocycles. The third-order valence-electron chi connectivity index (χ3n) is 6.05. The summed E-state index contributed by atoms with van der Waals surface area (Å²) >= 11 is 0. The molecular formula is C19H28N2. The SMILES string of the molecule is C[C@H]1[C@@H](c2ccccc2)C[C@H]1NC[C@@H]1CCN(C2CC2)C1. The molecule has 1 aromatic carbocycles. The van der Waals surface area contributed by atoms with Crippen LogP contribution in [0.15, 0.2) is 30.3 Å². The van der Waals surface area contributed by atoms with Crippen LogP contribution in [0.3, 0.4) is 0 Å². The van der Waals surface area contributed by atoms with E-state index < -0.39 is 0 Å². The van der Waals surface area contributed by atoms with Crippen LogP contribution in [0.2, 0.25) is 0 Å². The van der Waals surface area contributed by atoms with Gasteiger partial charge in [0.15, 0.2) is 0 Å². The zero-order valence-corrected chi connectivity index (χ0v) is 13.2. The molecule has 1 N–H and O–H groups in total. The van der Waals surface area contributed by atoms with Crippen molar-refractivity contribution in [2.75, 3.05) is 19.6 Å². The second-order valence-corrected chi connectivity index (χ2v) is 7.51. The maximum Gasteiger partial charge on any atom is 0.0105 e. The summed E-state index contributed by atoms with van der Waals surface area (Å²) in [5, 5.41) is 3.86. The number of rotatable bonds is 5. The smallest absolute Gasteiger partial charge is 0.0105 e. The molecule has 0 unspecified atom stereocenters. The third kappa shape index (κ3) is 2.89. The van der Waals surface area contributed by atoms with E-state index in [2.05, 4.69) is 47.5 Å². The normalized spacial score (nSPS) is 36.6. The molecule has 0 radical (unpaired) electrons. The number of hydrogen-bond donors (Lipinski definition) is 1. The molecule has 2 nitrogen and oxygen atoms in total. The summed E-state index contributed by atoms with van der Waals surface area (Å²) in [6.07, 6.45) is 5.65. The molecule has 114 valence electrons. The summed E-state index contributed by atoms with van der Waals surface area (Å²) in [5.74, 6) is 2.46. The van der Waals surface area contributed by atoms with Crippen molar-refractivity contribution in [3.05, 3.63) is 35.9 Å². The first-order valence-corrected chi connectivity index (χ1v) is 8.83. The van der Waals surface area contributed by atoms with Gasteiger partial charge in [-0.1, -0.05) is 37.3 Å². The molecule has 0 spiro atoms. The average Bonchev–Trinajstić information content (AvgIpc) is 3.26. The van der Waals surface area contributed by atoms with Gasteiger partial charge < -0.3 is 10.2 Å². The molecule has 2 aliphatic carbocycles. The zero-order chi connectivity index (χ0) is 14.2. The first-order chi connectivity index (χ1) is 10.3. The monoisotopic (exact) mass is 284 g/mol. The van der Waals surface area contributed by atoms with Gasteiger partial charge in [0.05, 0.1) is 0 Å². The Balaban J connectivity index is 1.22. The Morgan fingerprint density at radius 2 is 1.95 bits per heavy atom. The van der Waals surface area contributed by atoms with Gasteiger partial charge in [0.1, 0.15) is 0 Å². The largest absolute Gasteiger partial charge is 0.313 e. The molecule has 1 heterocycles. The highest BCUT2D eigenvalue weighted by Crippen LogP contribution is 2.42. The van der Waals surface area contributed by atoms with Crippen molar-refractivity contribution in [3.8, 4) is 0 Å². The van der Waals surface area contributed by atoms with E-state index >= 15 is 0 Å². The highest BCUT2D eigenvalue weighted by molar-refractivity contribution is 5.24. The van der Waals surface area contributed by atoms with Gasteiger partial charge in [-0.25, -0.2) is 0 Å². The van der Waals surface area contributed by atoms with E-state index in [0.717, 1.165) is 29.8 Å². The molecule has 4 atom stereocenters. The molecule has 1 aliphatic heterocycles. The number of benzene rings is 1. The predicted octanol–water partition coefficient (Wildman–Crippen LogP) is 3.25. The second-order valence-electron chi connectivity index (χ2n) is 7.51. The lowest BCUT2D eigenvalue weighted by atomic mass is 9.67. The fraction of sp³-hybridized carbons (Fsp3) is 0.684. The fourth-order valence-electron chi connectivity index (χ4n) is 4.32. The maximum atomic E-state index is 3.86. The lowest BCUT2D eigenvalue weighted by Crippen LogP contribution is -2.49. The molecule has 2 heteroatoms. The van der Waals surface area contributed by atoms with Crippen LogP contribution < -0.4 is 5.32 Å². The Morgan fingerprint density at radius 3 is 2.67 bits per heavy atom. The topological polar surface area (TPSA) is 15.3 Å². The van der Waals surface area contributed by atoms with Crippen LogP contribution in [0.5, 0.6) is 0 Å². The first kappa shape index (κ1) is 13.8. The van der Waals surface area contributed by atoms with E-state index in [1.807, 2.05) is 0 Å². The minimum atomic E-state index is 0.741. The first-order valence-electron chi connectivity index (χ1n) is 8.83. The van der Waals surface area contributed by atoms with Gasteiger partial charge in [-0.2, -0.15) is 0 Å². The quantitative estimate of drug-likeness (QED) is 0.893. The van der Waals surface area contributed by atoms with Crippen molar-refractivity contribution in [1.82, 2.24) is 10.2 Å². The molecule has 0 bridgehead atoms. The minimum absolute atomic E-state index is 0.741. The van der Waals surface area contributed by atoms with Crippen molar-refractivity contribution in [1.29, 1.82) is 0 Å². The molecule has 1 saturated heterocycles. The molecule has 3 fully saturated rings. The molecule has 0 aromatic heterocycles. The highest BCUT2D eigenvalue weighted by atomic mass is 15.2. The third-order valence-corrected chi connectivity index (χ3v) is 6.05. The van der Waals surface area contributed by atoms with E-state index in [9.17, 15) is 0 Å². The summed E-state index contributed by atoms with van der Waals surface area (Å²) in [6, 6.07) is 12.8. The lowest BCUT2D eigenvalue weighted by molar-refractivity contribution is 0.177. The van der Waals surface area contributed by atoms with Gasteiger partial charge >= 0.3 is 0 Å². The van der Waals surface area contributed by atoms with Gasteiger partial charge in [0.25, 0.3) is 0 Å². The summed E-state index contributed by atoms with van der Waals surface area (Å²) in [4.78, 5) is 2.73. The van der Waals surface area contributed by atoms with Crippen molar-refractivity contribution in [3.63, 3.8) is 0 Å². The molecule has 21 heavy (non-hydrogen) atoms. The summed E-state index contributed by atoms with van der Waals surface area (Å²) < 4.78 is 0. The summed E-state index contributed by atoms with van der Waals surface area (Å²) in [6.45, 7) is 6.36. The maximum absolute atomic E-state index is 3.86. The van der Waals surface area contributed by atoms with Crippen molar-refractivity contribution < 1.29 is 0 Å². The van der Waals surface area contributed by atoms with Crippen LogP contribution in [0, 0.1) is 11.8 Å². The number of nitrogens with zero attached hydrogens (tertiary/aromatic N) is 1. The molecular weight excluding hydrogens is 256 g/mol. The van der Waals surface area contributed by atoms with Crippen LogP contribution in [-0.4, -0.2) is 36.6 Å². The number of nitrogens with one attached hydrogen (secondary N) is 1. The number of hydrogen-bond acceptors (Lipinski definition) is 2. The molecule has 4 rings (SSSR count). The van der Waals surface area contributed by atoms with Gasteiger partial charge in [0.2, 0.25) is 0 Å². The highest BCUT2D eigenvalue weighted by Gasteiger charge is 2.39. The van der Waals surface area contributed by atoms with Gasteiger partial charge in [-0.05, 0) is 62.1 Å². The minimum Gasteiger partial charge on any atom is -0.313 e. The summed E-state index contributed by atoms with van der Waals surface area (Å²) in [7, 11) is 0. The van der Waals surface area contributed by atoms with E-state index in [1.54, 1.807) is 0 Å². The Morgan fingerprint density at radius 1 is 1.14 bits per heavy atom.